The molecule has 4 aromatic heterocycles. The van der Waals surface area contributed by atoms with Gasteiger partial charge in [0.2, 0.25) is 0 Å². The normalized spacial score (nSPS) is 11.2. The number of hydrogen-bond acceptors (Lipinski definition) is 4. The summed E-state index contributed by atoms with van der Waals surface area (Å²) in [5.74, 6) is 0. The summed E-state index contributed by atoms with van der Waals surface area (Å²) in [4.78, 5) is 19.9. The van der Waals surface area contributed by atoms with Crippen LogP contribution in [0.4, 0.5) is 0 Å². The lowest BCUT2D eigenvalue weighted by Crippen LogP contribution is -1.93. The summed E-state index contributed by atoms with van der Waals surface area (Å²) < 4.78 is 0. The van der Waals surface area contributed by atoms with Crippen LogP contribution in [0.15, 0.2) is 152 Å². The fourth-order valence-corrected chi connectivity index (χ4v) is 5.72. The molecule has 0 aliphatic rings. The molecule has 0 radical (unpaired) electrons. The van der Waals surface area contributed by atoms with E-state index in [0.29, 0.717) is 0 Å². The predicted molar refractivity (Wildman–Crippen MR) is 185 cm³/mol. The van der Waals surface area contributed by atoms with Crippen molar-refractivity contribution >= 4 is 22.1 Å². The summed E-state index contributed by atoms with van der Waals surface area (Å²) in [7, 11) is 0. The van der Waals surface area contributed by atoms with E-state index in [2.05, 4.69) is 110 Å². The summed E-state index contributed by atoms with van der Waals surface area (Å²) in [6.45, 7) is 2.11. The van der Waals surface area contributed by atoms with Crippen molar-refractivity contribution in [2.75, 3.05) is 0 Å². The number of benzene rings is 4. The maximum Gasteiger partial charge on any atom is 0.0894 e. The van der Waals surface area contributed by atoms with Crippen LogP contribution in [0.2, 0.25) is 0 Å². The molecule has 0 aliphatic heterocycles. The molecule has 8 aromatic rings. The van der Waals surface area contributed by atoms with E-state index in [-0.39, 0.29) is 0 Å². The Morgan fingerprint density at radius 2 is 0.644 bits per heavy atom. The number of aromatic nitrogens is 4. The monoisotopic (exact) mass is 576 g/mol. The molecule has 0 bridgehead atoms. The molecule has 0 saturated carbocycles. The SMILES string of the molecule is Cc1ccc(-c2cc(-c3ccc4nc(-c5ccccc5)ccc4n3)cc(-c3ccc4nc(-c5ccccc5)ccc4n3)c2)cc1. The van der Waals surface area contributed by atoms with Crippen LogP contribution in [0.25, 0.3) is 78.2 Å². The minimum Gasteiger partial charge on any atom is -0.246 e. The molecule has 0 saturated heterocycles. The Labute approximate surface area is 261 Å². The minimum atomic E-state index is 0.860. The van der Waals surface area contributed by atoms with Gasteiger partial charge in [-0.1, -0.05) is 90.5 Å². The molecule has 45 heavy (non-hydrogen) atoms. The number of hydrogen-bond donors (Lipinski definition) is 0. The zero-order valence-electron chi connectivity index (χ0n) is 24.7. The topological polar surface area (TPSA) is 51.6 Å². The van der Waals surface area contributed by atoms with E-state index in [9.17, 15) is 0 Å². The minimum absolute atomic E-state index is 0.860. The maximum atomic E-state index is 5.06. The number of fused-ring (bicyclic) bond motifs is 2. The van der Waals surface area contributed by atoms with Crippen molar-refractivity contribution in [1.29, 1.82) is 0 Å². The van der Waals surface area contributed by atoms with Gasteiger partial charge in [0.05, 0.1) is 44.8 Å². The Hall–Kier alpha value is -6.00. The molecule has 0 fully saturated rings. The van der Waals surface area contributed by atoms with Gasteiger partial charge < -0.3 is 0 Å². The van der Waals surface area contributed by atoms with E-state index in [1.165, 1.54) is 5.56 Å². The van der Waals surface area contributed by atoms with Gasteiger partial charge in [-0.15, -0.1) is 0 Å². The van der Waals surface area contributed by atoms with Gasteiger partial charge in [-0.25, -0.2) is 19.9 Å². The summed E-state index contributed by atoms with van der Waals surface area (Å²) in [5, 5.41) is 0. The van der Waals surface area contributed by atoms with E-state index in [4.69, 9.17) is 19.9 Å². The zero-order valence-corrected chi connectivity index (χ0v) is 24.7. The van der Waals surface area contributed by atoms with Crippen LogP contribution in [-0.4, -0.2) is 19.9 Å². The van der Waals surface area contributed by atoms with Crippen LogP contribution in [-0.2, 0) is 0 Å². The van der Waals surface area contributed by atoms with E-state index in [1.54, 1.807) is 0 Å². The van der Waals surface area contributed by atoms with Gasteiger partial charge >= 0.3 is 0 Å². The van der Waals surface area contributed by atoms with Crippen molar-refractivity contribution in [1.82, 2.24) is 19.9 Å². The van der Waals surface area contributed by atoms with Gasteiger partial charge in [0.25, 0.3) is 0 Å². The van der Waals surface area contributed by atoms with Crippen LogP contribution >= 0.6 is 0 Å². The highest BCUT2D eigenvalue weighted by molar-refractivity contribution is 5.86. The van der Waals surface area contributed by atoms with Crippen molar-refractivity contribution < 1.29 is 0 Å². The highest BCUT2D eigenvalue weighted by Gasteiger charge is 2.12. The molecule has 0 N–H and O–H groups in total. The van der Waals surface area contributed by atoms with Crippen molar-refractivity contribution in [3.8, 4) is 56.2 Å². The van der Waals surface area contributed by atoms with E-state index in [1.807, 2.05) is 48.5 Å². The third-order valence-electron chi connectivity index (χ3n) is 8.13. The first-order valence-electron chi connectivity index (χ1n) is 15.1. The van der Waals surface area contributed by atoms with E-state index >= 15 is 0 Å². The second-order valence-electron chi connectivity index (χ2n) is 11.3. The molecule has 0 amide bonds. The van der Waals surface area contributed by atoms with Crippen LogP contribution in [0.3, 0.4) is 0 Å². The standard InChI is InChI=1S/C41H28N4/c1-27-12-14-28(15-13-27)31-24-32(36-18-22-38-40(44-36)20-16-34(42-38)29-8-4-2-5-9-29)26-33(25-31)37-19-23-39-41(45-37)21-17-35(43-39)30-10-6-3-7-11-30/h2-26H,1H3. The first-order valence-corrected chi connectivity index (χ1v) is 15.1. The van der Waals surface area contributed by atoms with Crippen molar-refractivity contribution in [2.24, 2.45) is 0 Å². The molecule has 0 atom stereocenters. The Balaban J connectivity index is 1.22. The Morgan fingerprint density at radius 1 is 0.289 bits per heavy atom. The summed E-state index contributed by atoms with van der Waals surface area (Å²) in [6.07, 6.45) is 0. The van der Waals surface area contributed by atoms with Gasteiger partial charge in [0.1, 0.15) is 0 Å². The third-order valence-corrected chi connectivity index (χ3v) is 8.13. The highest BCUT2D eigenvalue weighted by Crippen LogP contribution is 2.33. The first kappa shape index (κ1) is 26.6. The maximum absolute atomic E-state index is 5.06. The number of aryl methyl sites for hydroxylation is 1. The lowest BCUT2D eigenvalue weighted by atomic mass is 9.96. The number of nitrogens with zero attached hydrogens (tertiary/aromatic N) is 4. The lowest BCUT2D eigenvalue weighted by Gasteiger charge is -2.12. The van der Waals surface area contributed by atoms with Gasteiger partial charge in [0.15, 0.2) is 0 Å². The van der Waals surface area contributed by atoms with Crippen molar-refractivity contribution in [3.05, 3.63) is 157 Å². The average molecular weight is 577 g/mol. The molecule has 0 spiro atoms. The third kappa shape index (κ3) is 5.34. The predicted octanol–water partition coefficient (Wildman–Crippen LogP) is 10.2. The molecule has 4 heterocycles. The van der Waals surface area contributed by atoms with Gasteiger partial charge in [0, 0.05) is 22.3 Å². The molecule has 8 rings (SSSR count). The second kappa shape index (κ2) is 11.3. The van der Waals surface area contributed by atoms with Gasteiger partial charge in [-0.3, -0.25) is 0 Å². The first-order chi connectivity index (χ1) is 22.2. The molecular weight excluding hydrogens is 548 g/mol. The Bertz CT molecular complexity index is 2170. The van der Waals surface area contributed by atoms with Crippen LogP contribution in [0.5, 0.6) is 0 Å². The molecular formula is C41H28N4. The molecule has 4 aromatic carbocycles. The molecule has 4 heteroatoms. The zero-order chi connectivity index (χ0) is 30.2. The fraction of sp³-hybridized carbons (Fsp3) is 0.0244. The van der Waals surface area contributed by atoms with E-state index in [0.717, 1.165) is 78.2 Å². The molecule has 0 aliphatic carbocycles. The summed E-state index contributed by atoms with van der Waals surface area (Å²) in [6, 6.07) is 52.1. The van der Waals surface area contributed by atoms with Crippen molar-refractivity contribution in [2.45, 2.75) is 6.92 Å². The second-order valence-corrected chi connectivity index (χ2v) is 11.3. The van der Waals surface area contributed by atoms with Crippen LogP contribution < -0.4 is 0 Å². The lowest BCUT2D eigenvalue weighted by molar-refractivity contribution is 1.32. The summed E-state index contributed by atoms with van der Waals surface area (Å²) >= 11 is 0. The molecule has 0 unspecified atom stereocenters. The van der Waals surface area contributed by atoms with E-state index < -0.39 is 0 Å². The van der Waals surface area contributed by atoms with Crippen molar-refractivity contribution in [3.63, 3.8) is 0 Å². The summed E-state index contributed by atoms with van der Waals surface area (Å²) in [5.41, 5.74) is 14.8. The van der Waals surface area contributed by atoms with Gasteiger partial charge in [-0.05, 0) is 84.8 Å². The molecule has 4 nitrogen and oxygen atoms in total. The number of pyridine rings is 4. The molecule has 212 valence electrons. The van der Waals surface area contributed by atoms with Gasteiger partial charge in [-0.2, -0.15) is 0 Å². The quantitative estimate of drug-likeness (QED) is 0.205. The Morgan fingerprint density at radius 3 is 1.04 bits per heavy atom. The number of rotatable bonds is 5. The van der Waals surface area contributed by atoms with Crippen LogP contribution in [0.1, 0.15) is 5.56 Å². The average Bonchev–Trinajstić information content (AvgIpc) is 3.11. The fourth-order valence-electron chi connectivity index (χ4n) is 5.72. The highest BCUT2D eigenvalue weighted by atomic mass is 14.8. The smallest absolute Gasteiger partial charge is 0.0894 e. The largest absolute Gasteiger partial charge is 0.246 e. The van der Waals surface area contributed by atoms with Crippen LogP contribution in [0, 0.1) is 6.92 Å². The Kier molecular flexibility index (Phi) is 6.65.